The monoisotopic (exact) mass is 290 g/mol. The van der Waals surface area contributed by atoms with Gasteiger partial charge in [0.2, 0.25) is 0 Å². The Labute approximate surface area is 110 Å². The molecule has 1 aliphatic heterocycles. The molecular weight excluding hydrogens is 276 g/mol. The van der Waals surface area contributed by atoms with E-state index in [1.807, 2.05) is 0 Å². The Hall–Kier alpha value is -1.09. The highest BCUT2D eigenvalue weighted by molar-refractivity contribution is 9.10. The van der Waals surface area contributed by atoms with E-state index in [1.54, 1.807) is 0 Å². The number of hydrogen-bond acceptors (Lipinski definition) is 1. The molecule has 0 saturated carbocycles. The Kier molecular flexibility index (Phi) is 2.79. The molecule has 1 aromatic carbocycles. The SMILES string of the molecule is C[C@@H]1CCCn2cc(-c3ccc(Br)cc3)nc21. The van der Waals surface area contributed by atoms with Gasteiger partial charge in [-0.25, -0.2) is 4.98 Å². The number of aryl methyl sites for hydroxylation is 1. The summed E-state index contributed by atoms with van der Waals surface area (Å²) < 4.78 is 3.42. The summed E-state index contributed by atoms with van der Waals surface area (Å²) in [5.41, 5.74) is 2.29. The van der Waals surface area contributed by atoms with Crippen LogP contribution in [0.25, 0.3) is 11.3 Å². The van der Waals surface area contributed by atoms with Crippen LogP contribution >= 0.6 is 15.9 Å². The summed E-state index contributed by atoms with van der Waals surface area (Å²) in [7, 11) is 0. The third-order valence-electron chi connectivity index (χ3n) is 3.42. The van der Waals surface area contributed by atoms with Crippen LogP contribution in [0.3, 0.4) is 0 Å². The highest BCUT2D eigenvalue weighted by Crippen LogP contribution is 2.29. The zero-order valence-electron chi connectivity index (χ0n) is 9.86. The van der Waals surface area contributed by atoms with Crippen molar-refractivity contribution in [3.8, 4) is 11.3 Å². The van der Waals surface area contributed by atoms with Gasteiger partial charge in [0.05, 0.1) is 5.69 Å². The molecular formula is C14H15BrN2. The summed E-state index contributed by atoms with van der Waals surface area (Å²) in [6.07, 6.45) is 4.72. The minimum Gasteiger partial charge on any atom is -0.334 e. The van der Waals surface area contributed by atoms with Gasteiger partial charge in [0.25, 0.3) is 0 Å². The third kappa shape index (κ3) is 2.04. The first kappa shape index (κ1) is 11.0. The lowest BCUT2D eigenvalue weighted by molar-refractivity contribution is 0.463. The van der Waals surface area contributed by atoms with E-state index in [0.717, 1.165) is 16.7 Å². The molecule has 3 heteroatoms. The van der Waals surface area contributed by atoms with Crippen LogP contribution in [0.15, 0.2) is 34.9 Å². The fraction of sp³-hybridized carbons (Fsp3) is 0.357. The van der Waals surface area contributed by atoms with Gasteiger partial charge < -0.3 is 4.57 Å². The predicted octanol–water partition coefficient (Wildman–Crippen LogP) is 4.21. The smallest absolute Gasteiger partial charge is 0.112 e. The fourth-order valence-corrected chi connectivity index (χ4v) is 2.72. The minimum absolute atomic E-state index is 0.591. The molecule has 1 aromatic heterocycles. The molecule has 1 aliphatic rings. The van der Waals surface area contributed by atoms with Gasteiger partial charge in [-0.1, -0.05) is 35.0 Å². The molecule has 2 nitrogen and oxygen atoms in total. The van der Waals surface area contributed by atoms with Crippen LogP contribution in [0.2, 0.25) is 0 Å². The molecule has 2 heterocycles. The Morgan fingerprint density at radius 1 is 1.29 bits per heavy atom. The molecule has 0 aliphatic carbocycles. The van der Waals surface area contributed by atoms with E-state index in [-0.39, 0.29) is 0 Å². The van der Waals surface area contributed by atoms with Crippen LogP contribution in [0.5, 0.6) is 0 Å². The highest BCUT2D eigenvalue weighted by atomic mass is 79.9. The number of rotatable bonds is 1. The first-order valence-corrected chi connectivity index (χ1v) is 6.86. The number of aromatic nitrogens is 2. The van der Waals surface area contributed by atoms with Crippen molar-refractivity contribution in [3.63, 3.8) is 0 Å². The zero-order valence-corrected chi connectivity index (χ0v) is 11.4. The average molecular weight is 291 g/mol. The molecule has 3 rings (SSSR count). The van der Waals surface area contributed by atoms with Gasteiger partial charge >= 0.3 is 0 Å². The van der Waals surface area contributed by atoms with Crippen LogP contribution in [-0.4, -0.2) is 9.55 Å². The molecule has 88 valence electrons. The van der Waals surface area contributed by atoms with Gasteiger partial charge in [0.1, 0.15) is 5.82 Å². The number of hydrogen-bond donors (Lipinski definition) is 0. The lowest BCUT2D eigenvalue weighted by Crippen LogP contribution is -2.12. The van der Waals surface area contributed by atoms with E-state index in [0.29, 0.717) is 5.92 Å². The highest BCUT2D eigenvalue weighted by Gasteiger charge is 2.19. The van der Waals surface area contributed by atoms with Crippen molar-refractivity contribution in [3.05, 3.63) is 40.8 Å². The Bertz CT molecular complexity index is 528. The zero-order chi connectivity index (χ0) is 11.8. The van der Waals surface area contributed by atoms with Crippen molar-refractivity contribution in [1.82, 2.24) is 9.55 Å². The second-order valence-electron chi connectivity index (χ2n) is 4.73. The average Bonchev–Trinajstić information content (AvgIpc) is 2.75. The second-order valence-corrected chi connectivity index (χ2v) is 5.64. The van der Waals surface area contributed by atoms with Gasteiger partial charge in [-0.05, 0) is 25.0 Å². The molecule has 0 N–H and O–H groups in total. The summed E-state index contributed by atoms with van der Waals surface area (Å²) >= 11 is 3.46. The lowest BCUT2D eigenvalue weighted by Gasteiger charge is -2.19. The van der Waals surface area contributed by atoms with E-state index < -0.39 is 0 Å². The summed E-state index contributed by atoms with van der Waals surface area (Å²) in [4.78, 5) is 4.78. The Morgan fingerprint density at radius 3 is 2.76 bits per heavy atom. The van der Waals surface area contributed by atoms with Crippen LogP contribution < -0.4 is 0 Å². The predicted molar refractivity (Wildman–Crippen MR) is 73.0 cm³/mol. The first-order chi connectivity index (χ1) is 8.24. The molecule has 0 spiro atoms. The molecule has 0 bridgehead atoms. The first-order valence-electron chi connectivity index (χ1n) is 6.07. The number of nitrogens with zero attached hydrogens (tertiary/aromatic N) is 2. The number of imidazole rings is 1. The van der Waals surface area contributed by atoms with E-state index in [1.165, 1.54) is 24.2 Å². The number of fused-ring (bicyclic) bond motifs is 1. The summed E-state index contributed by atoms with van der Waals surface area (Å²) in [5.74, 6) is 1.84. The van der Waals surface area contributed by atoms with Gasteiger partial charge in [0.15, 0.2) is 0 Å². The Balaban J connectivity index is 2.02. The maximum Gasteiger partial charge on any atom is 0.112 e. The molecule has 0 fully saturated rings. The maximum atomic E-state index is 4.78. The molecule has 0 saturated heterocycles. The van der Waals surface area contributed by atoms with Crippen molar-refractivity contribution in [1.29, 1.82) is 0 Å². The molecule has 0 unspecified atom stereocenters. The van der Waals surface area contributed by atoms with E-state index >= 15 is 0 Å². The second kappa shape index (κ2) is 4.30. The van der Waals surface area contributed by atoms with Gasteiger partial charge in [0, 0.05) is 28.7 Å². The van der Waals surface area contributed by atoms with Crippen LogP contribution in [-0.2, 0) is 6.54 Å². The molecule has 2 aromatic rings. The van der Waals surface area contributed by atoms with Crippen molar-refractivity contribution < 1.29 is 0 Å². The summed E-state index contributed by atoms with van der Waals surface area (Å²) in [5, 5.41) is 0. The van der Waals surface area contributed by atoms with Gasteiger partial charge in [-0.3, -0.25) is 0 Å². The van der Waals surface area contributed by atoms with Crippen LogP contribution in [0, 0.1) is 0 Å². The molecule has 17 heavy (non-hydrogen) atoms. The van der Waals surface area contributed by atoms with Crippen molar-refractivity contribution in [2.24, 2.45) is 0 Å². The van der Waals surface area contributed by atoms with Crippen molar-refractivity contribution in [2.45, 2.75) is 32.2 Å². The van der Waals surface area contributed by atoms with Crippen molar-refractivity contribution in [2.75, 3.05) is 0 Å². The van der Waals surface area contributed by atoms with Gasteiger partial charge in [-0.2, -0.15) is 0 Å². The largest absolute Gasteiger partial charge is 0.334 e. The van der Waals surface area contributed by atoms with E-state index in [9.17, 15) is 0 Å². The topological polar surface area (TPSA) is 17.8 Å². The van der Waals surface area contributed by atoms with E-state index in [4.69, 9.17) is 4.98 Å². The van der Waals surface area contributed by atoms with E-state index in [2.05, 4.69) is 57.9 Å². The molecule has 0 radical (unpaired) electrons. The van der Waals surface area contributed by atoms with Crippen molar-refractivity contribution >= 4 is 15.9 Å². The Morgan fingerprint density at radius 2 is 2.06 bits per heavy atom. The number of benzene rings is 1. The normalized spacial score (nSPS) is 19.1. The lowest BCUT2D eigenvalue weighted by atomic mass is 10.0. The van der Waals surface area contributed by atoms with Gasteiger partial charge in [-0.15, -0.1) is 0 Å². The number of halogens is 1. The maximum absolute atomic E-state index is 4.78. The minimum atomic E-state index is 0.591. The third-order valence-corrected chi connectivity index (χ3v) is 3.95. The molecule has 1 atom stereocenters. The quantitative estimate of drug-likeness (QED) is 0.769. The van der Waals surface area contributed by atoms with Crippen LogP contribution in [0.4, 0.5) is 0 Å². The summed E-state index contributed by atoms with van der Waals surface area (Å²) in [6, 6.07) is 8.36. The van der Waals surface area contributed by atoms with Crippen LogP contribution in [0.1, 0.15) is 31.5 Å². The summed E-state index contributed by atoms with van der Waals surface area (Å²) in [6.45, 7) is 3.38. The standard InChI is InChI=1S/C14H15BrN2/c1-10-3-2-8-17-9-13(16-14(10)17)11-4-6-12(15)7-5-11/h4-7,9-10H,2-3,8H2,1H3/t10-/m1/s1. The fourth-order valence-electron chi connectivity index (χ4n) is 2.46. The molecule has 0 amide bonds.